The van der Waals surface area contributed by atoms with E-state index in [0.29, 0.717) is 36.8 Å². The Morgan fingerprint density at radius 2 is 2.07 bits per heavy atom. The third-order valence-corrected chi connectivity index (χ3v) is 5.65. The number of aromatic nitrogens is 1. The monoisotopic (exact) mass is 374 g/mol. The van der Waals surface area contributed by atoms with Crippen LogP contribution in [0.3, 0.4) is 0 Å². The molecule has 144 valence electrons. The van der Waals surface area contributed by atoms with Crippen molar-refractivity contribution in [2.75, 3.05) is 30.3 Å². The Bertz CT molecular complexity index is 983. The highest BCUT2D eigenvalue weighted by Gasteiger charge is 2.31. The topological polar surface area (TPSA) is 115 Å². The quantitative estimate of drug-likeness (QED) is 0.689. The van der Waals surface area contributed by atoms with Gasteiger partial charge >= 0.3 is 5.97 Å². The molecule has 8 heteroatoms. The molecule has 0 unspecified atom stereocenters. The lowest BCUT2D eigenvalue weighted by Crippen LogP contribution is -2.24. The van der Waals surface area contributed by atoms with E-state index >= 15 is 4.39 Å². The Balaban J connectivity index is 1.90. The Kier molecular flexibility index (Phi) is 4.30. The fraction of sp³-hybridized carbons (Fsp3) is 0.474. The van der Waals surface area contributed by atoms with Gasteiger partial charge in [-0.15, -0.1) is 0 Å². The molecule has 2 heterocycles. The minimum atomic E-state index is -1.33. The number of anilines is 2. The molecule has 1 aliphatic heterocycles. The molecule has 1 saturated heterocycles. The molecule has 0 spiro atoms. The highest BCUT2D eigenvalue weighted by atomic mass is 19.1. The summed E-state index contributed by atoms with van der Waals surface area (Å²) in [6, 6.07) is 1.77. The Hall–Kier alpha value is -2.61. The zero-order valence-corrected chi connectivity index (χ0v) is 14.9. The third kappa shape index (κ3) is 2.93. The molecule has 0 bridgehead atoms. The van der Waals surface area contributed by atoms with Crippen molar-refractivity contribution < 1.29 is 14.3 Å². The van der Waals surface area contributed by atoms with Gasteiger partial charge in [-0.2, -0.15) is 0 Å². The number of carbonyl (C=O) groups is 1. The second kappa shape index (κ2) is 6.53. The van der Waals surface area contributed by atoms with E-state index in [1.54, 1.807) is 10.6 Å². The molecule has 1 atom stereocenters. The van der Waals surface area contributed by atoms with Crippen molar-refractivity contribution in [2.45, 2.75) is 31.7 Å². The van der Waals surface area contributed by atoms with Gasteiger partial charge in [-0.1, -0.05) is 0 Å². The zero-order chi connectivity index (χ0) is 19.3. The van der Waals surface area contributed by atoms with Crippen molar-refractivity contribution in [2.24, 2.45) is 11.7 Å². The largest absolute Gasteiger partial charge is 0.477 e. The molecule has 7 nitrogen and oxygen atoms in total. The van der Waals surface area contributed by atoms with Crippen molar-refractivity contribution in [1.29, 1.82) is 0 Å². The van der Waals surface area contributed by atoms with Gasteiger partial charge in [0.25, 0.3) is 0 Å². The van der Waals surface area contributed by atoms with Crippen LogP contribution in [-0.4, -0.2) is 35.3 Å². The van der Waals surface area contributed by atoms with E-state index in [9.17, 15) is 14.7 Å². The fourth-order valence-electron chi connectivity index (χ4n) is 4.05. The lowest BCUT2D eigenvalue weighted by Gasteiger charge is -2.22. The summed E-state index contributed by atoms with van der Waals surface area (Å²) in [6.45, 7) is 1.99. The molecule has 5 N–H and O–H groups in total. The summed E-state index contributed by atoms with van der Waals surface area (Å²) in [5.74, 6) is -1.58. The maximum absolute atomic E-state index is 15.1. The van der Waals surface area contributed by atoms with E-state index in [4.69, 9.17) is 11.5 Å². The molecule has 4 rings (SSSR count). The van der Waals surface area contributed by atoms with Crippen molar-refractivity contribution in [3.05, 3.63) is 33.9 Å². The Morgan fingerprint density at radius 1 is 1.33 bits per heavy atom. The zero-order valence-electron chi connectivity index (χ0n) is 14.9. The SMILES string of the molecule is NCC[C@H]1CCN(c2cc3c(c(N)c2F)c(=O)c(C(=O)O)cn3C2CC2)C1. The number of benzene rings is 1. The molecular formula is C19H23FN4O3. The van der Waals surface area contributed by atoms with Crippen LogP contribution in [0.5, 0.6) is 0 Å². The van der Waals surface area contributed by atoms with Gasteiger partial charge in [-0.05, 0) is 44.2 Å². The molecule has 2 aliphatic rings. The number of carboxylic acids is 1. The van der Waals surface area contributed by atoms with Crippen LogP contribution in [0.25, 0.3) is 10.9 Å². The van der Waals surface area contributed by atoms with Crippen molar-refractivity contribution >= 4 is 28.2 Å². The molecule has 2 aromatic rings. The van der Waals surface area contributed by atoms with Crippen LogP contribution in [0.2, 0.25) is 0 Å². The number of pyridine rings is 1. The van der Waals surface area contributed by atoms with Gasteiger partial charge in [0.15, 0.2) is 5.82 Å². The van der Waals surface area contributed by atoms with Crippen molar-refractivity contribution in [3.8, 4) is 0 Å². The number of halogens is 1. The van der Waals surface area contributed by atoms with E-state index in [0.717, 1.165) is 25.7 Å². The molecule has 0 radical (unpaired) electrons. The molecule has 1 aliphatic carbocycles. The fourth-order valence-corrected chi connectivity index (χ4v) is 4.05. The number of nitrogen functional groups attached to an aromatic ring is 1. The van der Waals surface area contributed by atoms with Gasteiger partial charge in [-0.25, -0.2) is 9.18 Å². The first-order valence-corrected chi connectivity index (χ1v) is 9.27. The van der Waals surface area contributed by atoms with Crippen LogP contribution >= 0.6 is 0 Å². The van der Waals surface area contributed by atoms with E-state index in [2.05, 4.69) is 0 Å². The molecule has 0 amide bonds. The molecule has 1 aromatic heterocycles. The normalized spacial score (nSPS) is 19.8. The summed E-state index contributed by atoms with van der Waals surface area (Å²) in [5, 5.41) is 9.31. The Labute approximate surface area is 155 Å². The summed E-state index contributed by atoms with van der Waals surface area (Å²) < 4.78 is 16.8. The maximum atomic E-state index is 15.1. The van der Waals surface area contributed by atoms with Crippen LogP contribution in [0.15, 0.2) is 17.1 Å². The smallest absolute Gasteiger partial charge is 0.341 e. The van der Waals surface area contributed by atoms with E-state index in [1.807, 2.05) is 4.90 Å². The molecule has 2 fully saturated rings. The summed E-state index contributed by atoms with van der Waals surface area (Å²) in [7, 11) is 0. The van der Waals surface area contributed by atoms with Gasteiger partial charge in [-0.3, -0.25) is 4.79 Å². The molecule has 1 aromatic carbocycles. The van der Waals surface area contributed by atoms with E-state index < -0.39 is 17.2 Å². The Morgan fingerprint density at radius 3 is 2.70 bits per heavy atom. The highest BCUT2D eigenvalue weighted by Crippen LogP contribution is 2.40. The van der Waals surface area contributed by atoms with Gasteiger partial charge in [0, 0.05) is 25.3 Å². The van der Waals surface area contributed by atoms with Gasteiger partial charge in [0.05, 0.1) is 22.3 Å². The summed E-state index contributed by atoms with van der Waals surface area (Å²) in [4.78, 5) is 26.0. The minimum Gasteiger partial charge on any atom is -0.477 e. The number of hydrogen-bond donors (Lipinski definition) is 3. The number of fused-ring (bicyclic) bond motifs is 1. The number of rotatable bonds is 5. The number of nitrogens with zero attached hydrogens (tertiary/aromatic N) is 2. The number of carboxylic acid groups (broad SMARTS) is 1. The third-order valence-electron chi connectivity index (χ3n) is 5.65. The molecular weight excluding hydrogens is 351 g/mol. The van der Waals surface area contributed by atoms with Gasteiger partial charge < -0.3 is 26.0 Å². The highest BCUT2D eigenvalue weighted by molar-refractivity contribution is 5.99. The second-order valence-electron chi connectivity index (χ2n) is 7.51. The lowest BCUT2D eigenvalue weighted by atomic mass is 10.1. The van der Waals surface area contributed by atoms with Gasteiger partial charge in [0.1, 0.15) is 5.56 Å². The summed E-state index contributed by atoms with van der Waals surface area (Å²) in [6.07, 6.45) is 4.97. The van der Waals surface area contributed by atoms with E-state index in [1.165, 1.54) is 6.20 Å². The van der Waals surface area contributed by atoms with Gasteiger partial charge in [0.2, 0.25) is 5.43 Å². The van der Waals surface area contributed by atoms with Crippen molar-refractivity contribution in [3.63, 3.8) is 0 Å². The molecule has 1 saturated carbocycles. The number of hydrogen-bond acceptors (Lipinski definition) is 5. The van der Waals surface area contributed by atoms with E-state index in [-0.39, 0.29) is 22.7 Å². The summed E-state index contributed by atoms with van der Waals surface area (Å²) >= 11 is 0. The predicted octanol–water partition coefficient (Wildman–Crippen LogP) is 1.93. The first kappa shape index (κ1) is 17.8. The molecule has 27 heavy (non-hydrogen) atoms. The second-order valence-corrected chi connectivity index (χ2v) is 7.51. The van der Waals surface area contributed by atoms with Crippen LogP contribution in [0.1, 0.15) is 42.1 Å². The number of nitrogens with two attached hydrogens (primary N) is 2. The first-order valence-electron chi connectivity index (χ1n) is 9.27. The maximum Gasteiger partial charge on any atom is 0.341 e. The van der Waals surface area contributed by atoms with Crippen LogP contribution in [0, 0.1) is 11.7 Å². The average molecular weight is 374 g/mol. The predicted molar refractivity (Wildman–Crippen MR) is 102 cm³/mol. The average Bonchev–Trinajstić information content (AvgIpc) is 3.37. The standard InChI is InChI=1S/C19H23FN4O3/c20-16-14(23-6-4-10(8-23)3-5-21)7-13-15(17(16)22)18(25)12(19(26)27)9-24(13)11-1-2-11/h7,9-11H,1-6,8,21-22H2,(H,26,27)/t10-/m0/s1. The minimum absolute atomic E-state index is 0.0410. The van der Waals surface area contributed by atoms with Crippen LogP contribution in [0.4, 0.5) is 15.8 Å². The summed E-state index contributed by atoms with van der Waals surface area (Å²) in [5.41, 5.74) is 11.1. The lowest BCUT2D eigenvalue weighted by molar-refractivity contribution is 0.0695. The van der Waals surface area contributed by atoms with Crippen LogP contribution in [-0.2, 0) is 0 Å². The first-order chi connectivity index (χ1) is 12.9. The van der Waals surface area contributed by atoms with Crippen LogP contribution < -0.4 is 21.8 Å². The van der Waals surface area contributed by atoms with Crippen molar-refractivity contribution in [1.82, 2.24) is 4.57 Å². The number of aromatic carboxylic acids is 1.